The molecule has 3 heteroatoms. The molecule has 0 amide bonds. The summed E-state index contributed by atoms with van der Waals surface area (Å²) in [7, 11) is 0. The largest absolute Gasteiger partial charge is 0.395 e. The molecule has 1 N–H and O–H groups in total. The van der Waals surface area contributed by atoms with Crippen LogP contribution in [0.3, 0.4) is 0 Å². The molecule has 0 aliphatic rings. The molecule has 1 nitrogen and oxygen atoms in total. The number of aliphatic hydroxyl groups excluding tert-OH is 1. The Morgan fingerprint density at radius 1 is 1.55 bits per heavy atom. The molecular formula is C8H7ClOS. The molecule has 0 radical (unpaired) electrons. The van der Waals surface area contributed by atoms with Gasteiger partial charge < -0.3 is 5.11 Å². The van der Waals surface area contributed by atoms with E-state index < -0.39 is 0 Å². The molecular weight excluding hydrogens is 180 g/mol. The molecule has 0 aromatic carbocycles. The van der Waals surface area contributed by atoms with Crippen LogP contribution in [0.4, 0.5) is 0 Å². The lowest BCUT2D eigenvalue weighted by Crippen LogP contribution is -1.75. The van der Waals surface area contributed by atoms with Crippen molar-refractivity contribution in [2.45, 2.75) is 6.42 Å². The van der Waals surface area contributed by atoms with Gasteiger partial charge in [-0.05, 0) is 12.1 Å². The number of rotatable bonds is 1. The molecule has 0 aliphatic heterocycles. The first-order chi connectivity index (χ1) is 5.33. The summed E-state index contributed by atoms with van der Waals surface area (Å²) in [6.07, 6.45) is 0.523. The van der Waals surface area contributed by atoms with E-state index >= 15 is 0 Å². The first-order valence-corrected chi connectivity index (χ1v) is 4.37. The van der Waals surface area contributed by atoms with Crippen molar-refractivity contribution < 1.29 is 5.11 Å². The summed E-state index contributed by atoms with van der Waals surface area (Å²) in [6.45, 7) is 0.117. The maximum Gasteiger partial charge on any atom is 0.0941 e. The molecule has 1 rings (SSSR count). The first kappa shape index (κ1) is 8.61. The van der Waals surface area contributed by atoms with Crippen molar-refractivity contribution in [1.82, 2.24) is 0 Å². The zero-order chi connectivity index (χ0) is 8.10. The highest BCUT2D eigenvalue weighted by molar-refractivity contribution is 7.16. The van der Waals surface area contributed by atoms with Gasteiger partial charge in [0.1, 0.15) is 0 Å². The third-order valence-electron chi connectivity index (χ3n) is 1.02. The van der Waals surface area contributed by atoms with Crippen LogP contribution < -0.4 is 0 Å². The van der Waals surface area contributed by atoms with E-state index in [1.165, 1.54) is 11.3 Å². The summed E-state index contributed by atoms with van der Waals surface area (Å²) in [5, 5.41) is 8.42. The Kier molecular flexibility index (Phi) is 3.44. The van der Waals surface area contributed by atoms with Crippen LogP contribution >= 0.6 is 22.9 Å². The molecule has 0 saturated heterocycles. The first-order valence-electron chi connectivity index (χ1n) is 3.18. The Bertz CT molecular complexity index is 282. The van der Waals surface area contributed by atoms with Gasteiger partial charge in [0.15, 0.2) is 0 Å². The second-order valence-electron chi connectivity index (χ2n) is 1.88. The van der Waals surface area contributed by atoms with Crippen LogP contribution in [0.25, 0.3) is 0 Å². The van der Waals surface area contributed by atoms with Gasteiger partial charge in [-0.15, -0.1) is 11.3 Å². The number of thiophene rings is 1. The summed E-state index contributed by atoms with van der Waals surface area (Å²) >= 11 is 7.12. The summed E-state index contributed by atoms with van der Waals surface area (Å²) in [5.74, 6) is 5.71. The summed E-state index contributed by atoms with van der Waals surface area (Å²) in [5.41, 5.74) is 0. The second kappa shape index (κ2) is 4.40. The fourth-order valence-electron chi connectivity index (χ4n) is 0.587. The predicted molar refractivity (Wildman–Crippen MR) is 47.9 cm³/mol. The fourth-order valence-corrected chi connectivity index (χ4v) is 1.50. The van der Waals surface area contributed by atoms with E-state index in [0.29, 0.717) is 6.42 Å². The topological polar surface area (TPSA) is 20.2 Å². The van der Waals surface area contributed by atoms with Crippen LogP contribution in [0.1, 0.15) is 11.3 Å². The highest BCUT2D eigenvalue weighted by atomic mass is 35.5. The number of aliphatic hydroxyl groups is 1. The van der Waals surface area contributed by atoms with E-state index in [1.54, 1.807) is 0 Å². The normalized spacial score (nSPS) is 8.91. The van der Waals surface area contributed by atoms with Crippen LogP contribution in [0.5, 0.6) is 0 Å². The average Bonchev–Trinajstić information content (AvgIpc) is 2.37. The van der Waals surface area contributed by atoms with Crippen LogP contribution in [-0.2, 0) is 0 Å². The van der Waals surface area contributed by atoms with E-state index in [2.05, 4.69) is 11.8 Å². The third kappa shape index (κ3) is 2.94. The van der Waals surface area contributed by atoms with Gasteiger partial charge in [0.25, 0.3) is 0 Å². The number of hydrogen-bond acceptors (Lipinski definition) is 2. The molecule has 0 bridgehead atoms. The third-order valence-corrected chi connectivity index (χ3v) is 2.17. The van der Waals surface area contributed by atoms with Crippen LogP contribution in [-0.4, -0.2) is 11.7 Å². The lowest BCUT2D eigenvalue weighted by atomic mass is 10.4. The molecule has 1 aromatic heterocycles. The van der Waals surface area contributed by atoms with Gasteiger partial charge in [-0.1, -0.05) is 23.4 Å². The number of halogens is 1. The molecule has 0 fully saturated rings. The van der Waals surface area contributed by atoms with Crippen molar-refractivity contribution in [1.29, 1.82) is 0 Å². The van der Waals surface area contributed by atoms with E-state index in [9.17, 15) is 0 Å². The molecule has 0 unspecified atom stereocenters. The quantitative estimate of drug-likeness (QED) is 0.667. The van der Waals surface area contributed by atoms with Gasteiger partial charge in [-0.25, -0.2) is 0 Å². The Hall–Kier alpha value is -0.490. The molecule has 11 heavy (non-hydrogen) atoms. The lowest BCUT2D eigenvalue weighted by Gasteiger charge is -1.77. The average molecular weight is 187 g/mol. The Morgan fingerprint density at radius 3 is 2.91 bits per heavy atom. The van der Waals surface area contributed by atoms with Crippen molar-refractivity contribution in [3.63, 3.8) is 0 Å². The summed E-state index contributed by atoms with van der Waals surface area (Å²) in [4.78, 5) is 0.948. The van der Waals surface area contributed by atoms with E-state index in [1.807, 2.05) is 12.1 Å². The maximum absolute atomic E-state index is 8.42. The van der Waals surface area contributed by atoms with Crippen molar-refractivity contribution in [2.24, 2.45) is 0 Å². The fraction of sp³-hybridized carbons (Fsp3) is 0.250. The van der Waals surface area contributed by atoms with Gasteiger partial charge in [0.2, 0.25) is 0 Å². The van der Waals surface area contributed by atoms with Crippen molar-refractivity contribution in [3.8, 4) is 11.8 Å². The van der Waals surface area contributed by atoms with E-state index in [-0.39, 0.29) is 6.61 Å². The Morgan fingerprint density at radius 2 is 2.36 bits per heavy atom. The van der Waals surface area contributed by atoms with E-state index in [4.69, 9.17) is 16.7 Å². The van der Waals surface area contributed by atoms with E-state index in [0.717, 1.165) is 9.21 Å². The predicted octanol–water partition coefficient (Wildman–Crippen LogP) is 2.14. The molecule has 0 atom stereocenters. The summed E-state index contributed by atoms with van der Waals surface area (Å²) < 4.78 is 0.748. The summed E-state index contributed by atoms with van der Waals surface area (Å²) in [6, 6.07) is 3.69. The molecule has 1 aromatic rings. The van der Waals surface area contributed by atoms with Crippen molar-refractivity contribution in [2.75, 3.05) is 6.61 Å². The Labute approximate surface area is 74.6 Å². The SMILES string of the molecule is OCCC#Cc1ccc(Cl)s1. The highest BCUT2D eigenvalue weighted by Gasteiger charge is 1.91. The van der Waals surface area contributed by atoms with Crippen LogP contribution in [0.2, 0.25) is 4.34 Å². The van der Waals surface area contributed by atoms with Crippen molar-refractivity contribution in [3.05, 3.63) is 21.3 Å². The molecule has 0 saturated carbocycles. The van der Waals surface area contributed by atoms with Gasteiger partial charge in [-0.3, -0.25) is 0 Å². The van der Waals surface area contributed by atoms with Crippen LogP contribution in [0, 0.1) is 11.8 Å². The minimum atomic E-state index is 0.117. The smallest absolute Gasteiger partial charge is 0.0941 e. The maximum atomic E-state index is 8.42. The van der Waals surface area contributed by atoms with Gasteiger partial charge >= 0.3 is 0 Å². The second-order valence-corrected chi connectivity index (χ2v) is 3.59. The van der Waals surface area contributed by atoms with Gasteiger partial charge in [-0.2, -0.15) is 0 Å². The lowest BCUT2D eigenvalue weighted by molar-refractivity contribution is 0.305. The zero-order valence-corrected chi connectivity index (χ0v) is 7.37. The molecule has 0 aliphatic carbocycles. The highest BCUT2D eigenvalue weighted by Crippen LogP contribution is 2.20. The van der Waals surface area contributed by atoms with Gasteiger partial charge in [0, 0.05) is 6.42 Å². The Balaban J connectivity index is 2.59. The van der Waals surface area contributed by atoms with Crippen molar-refractivity contribution >= 4 is 22.9 Å². The molecule has 1 heterocycles. The standard InChI is InChI=1S/C8H7ClOS/c9-8-5-4-7(11-8)3-1-2-6-10/h4-5,10H,2,6H2. The minimum absolute atomic E-state index is 0.117. The van der Waals surface area contributed by atoms with Crippen LogP contribution in [0.15, 0.2) is 12.1 Å². The zero-order valence-electron chi connectivity index (χ0n) is 5.80. The minimum Gasteiger partial charge on any atom is -0.395 e. The molecule has 58 valence electrons. The number of hydrogen-bond donors (Lipinski definition) is 1. The monoisotopic (exact) mass is 186 g/mol. The van der Waals surface area contributed by atoms with Gasteiger partial charge in [0.05, 0.1) is 15.8 Å². The molecule has 0 spiro atoms.